The average molecular weight is 273 g/mol. The molecule has 0 radical (unpaired) electrons. The number of nitrogens with zero attached hydrogens (tertiary/aromatic N) is 1. The van der Waals surface area contributed by atoms with E-state index < -0.39 is 0 Å². The molecule has 1 unspecified atom stereocenters. The van der Waals surface area contributed by atoms with Gasteiger partial charge < -0.3 is 10.0 Å². The highest BCUT2D eigenvalue weighted by Gasteiger charge is 2.13. The first-order valence-electron chi connectivity index (χ1n) is 7.03. The molecule has 0 aromatic heterocycles. The van der Waals surface area contributed by atoms with Gasteiger partial charge >= 0.3 is 0 Å². The lowest BCUT2D eigenvalue weighted by Crippen LogP contribution is -2.30. The number of carbonyl (C=O) groups excluding carboxylic acids is 1. The summed E-state index contributed by atoms with van der Waals surface area (Å²) < 4.78 is 0. The highest BCUT2D eigenvalue weighted by Crippen LogP contribution is 2.09. The predicted octanol–water partition coefficient (Wildman–Crippen LogP) is 2.54. The Morgan fingerprint density at radius 3 is 2.55 bits per heavy atom. The van der Waals surface area contributed by atoms with Crippen molar-refractivity contribution in [2.75, 3.05) is 20.2 Å². The largest absolute Gasteiger partial charge is 0.395 e. The smallest absolute Gasteiger partial charge is 0.253 e. The summed E-state index contributed by atoms with van der Waals surface area (Å²) >= 11 is 0. The van der Waals surface area contributed by atoms with E-state index in [-0.39, 0.29) is 12.5 Å². The topological polar surface area (TPSA) is 40.5 Å². The first-order chi connectivity index (χ1) is 9.58. The van der Waals surface area contributed by atoms with E-state index in [1.165, 1.54) is 0 Å². The van der Waals surface area contributed by atoms with Crippen LogP contribution in [0.4, 0.5) is 0 Å². The quantitative estimate of drug-likeness (QED) is 0.838. The molecule has 0 aliphatic carbocycles. The summed E-state index contributed by atoms with van der Waals surface area (Å²) in [6.07, 6.45) is 1.54. The highest BCUT2D eigenvalue weighted by atomic mass is 16.2. The first-order valence-corrected chi connectivity index (χ1v) is 7.03. The van der Waals surface area contributed by atoms with Crippen LogP contribution in [0.5, 0.6) is 0 Å². The molecular formula is C17H23NO2. The molecule has 3 nitrogen and oxygen atoms in total. The van der Waals surface area contributed by atoms with Crippen molar-refractivity contribution in [2.45, 2.75) is 26.7 Å². The van der Waals surface area contributed by atoms with Crippen LogP contribution >= 0.6 is 0 Å². The molecule has 0 fully saturated rings. The Kier molecular flexibility index (Phi) is 6.83. The normalized spacial score (nSPS) is 11.4. The number of aliphatic hydroxyl groups is 1. The monoisotopic (exact) mass is 273 g/mol. The maximum absolute atomic E-state index is 12.2. The Morgan fingerprint density at radius 2 is 2.00 bits per heavy atom. The fourth-order valence-electron chi connectivity index (χ4n) is 1.82. The van der Waals surface area contributed by atoms with E-state index >= 15 is 0 Å². The van der Waals surface area contributed by atoms with Gasteiger partial charge in [0, 0.05) is 31.1 Å². The summed E-state index contributed by atoms with van der Waals surface area (Å²) in [7, 11) is 1.84. The number of carbonyl (C=O) groups is 1. The summed E-state index contributed by atoms with van der Waals surface area (Å²) in [5, 5.41) is 8.66. The minimum atomic E-state index is 0.0418. The SMILES string of the molecule is CCC(C)CN(C)C(=O)c1ccc(C#CCCO)cc1. The third-order valence-electron chi connectivity index (χ3n) is 3.23. The molecule has 20 heavy (non-hydrogen) atoms. The molecule has 0 spiro atoms. The molecule has 1 aromatic carbocycles. The second kappa shape index (κ2) is 8.39. The van der Waals surface area contributed by atoms with Crippen LogP contribution in [0.2, 0.25) is 0 Å². The van der Waals surface area contributed by atoms with Crippen molar-refractivity contribution in [3.05, 3.63) is 35.4 Å². The molecule has 0 saturated heterocycles. The Labute approximate surface area is 121 Å². The van der Waals surface area contributed by atoms with Crippen LogP contribution in [0.3, 0.4) is 0 Å². The second-order valence-electron chi connectivity index (χ2n) is 5.05. The Hall–Kier alpha value is -1.79. The van der Waals surface area contributed by atoms with Crippen molar-refractivity contribution in [2.24, 2.45) is 5.92 Å². The maximum Gasteiger partial charge on any atom is 0.253 e. The van der Waals surface area contributed by atoms with E-state index in [4.69, 9.17) is 5.11 Å². The van der Waals surface area contributed by atoms with Gasteiger partial charge in [0.05, 0.1) is 6.61 Å². The number of hydrogen-bond acceptors (Lipinski definition) is 2. The van der Waals surface area contributed by atoms with Crippen molar-refractivity contribution in [1.82, 2.24) is 4.90 Å². The highest BCUT2D eigenvalue weighted by molar-refractivity contribution is 5.94. The van der Waals surface area contributed by atoms with Crippen LogP contribution in [-0.2, 0) is 0 Å². The van der Waals surface area contributed by atoms with Crippen molar-refractivity contribution in [3.63, 3.8) is 0 Å². The third kappa shape index (κ3) is 5.07. The van der Waals surface area contributed by atoms with Crippen LogP contribution in [0, 0.1) is 17.8 Å². The summed E-state index contributed by atoms with van der Waals surface area (Å²) in [5.41, 5.74) is 1.54. The van der Waals surface area contributed by atoms with Gasteiger partial charge in [0.25, 0.3) is 5.91 Å². The van der Waals surface area contributed by atoms with E-state index in [1.54, 1.807) is 17.0 Å². The predicted molar refractivity (Wildman–Crippen MR) is 81.4 cm³/mol. The summed E-state index contributed by atoms with van der Waals surface area (Å²) in [5.74, 6) is 6.36. The van der Waals surface area contributed by atoms with E-state index in [2.05, 4.69) is 25.7 Å². The number of rotatable bonds is 5. The molecule has 0 saturated carbocycles. The van der Waals surface area contributed by atoms with Gasteiger partial charge in [-0.2, -0.15) is 0 Å². The van der Waals surface area contributed by atoms with Gasteiger partial charge in [0.1, 0.15) is 0 Å². The Morgan fingerprint density at radius 1 is 1.35 bits per heavy atom. The van der Waals surface area contributed by atoms with E-state index in [9.17, 15) is 4.79 Å². The van der Waals surface area contributed by atoms with E-state index in [1.807, 2.05) is 19.2 Å². The lowest BCUT2D eigenvalue weighted by Gasteiger charge is -2.20. The zero-order valence-electron chi connectivity index (χ0n) is 12.5. The lowest BCUT2D eigenvalue weighted by molar-refractivity contribution is 0.0775. The maximum atomic E-state index is 12.2. The summed E-state index contributed by atoms with van der Waals surface area (Å²) in [6, 6.07) is 7.29. The molecule has 1 atom stereocenters. The lowest BCUT2D eigenvalue weighted by atomic mass is 10.1. The number of amides is 1. The first kappa shape index (κ1) is 16.3. The van der Waals surface area contributed by atoms with Crippen molar-refractivity contribution in [3.8, 4) is 11.8 Å². The molecule has 0 bridgehead atoms. The van der Waals surface area contributed by atoms with Crippen molar-refractivity contribution < 1.29 is 9.90 Å². The Bertz CT molecular complexity index is 482. The summed E-state index contributed by atoms with van der Waals surface area (Å²) in [6.45, 7) is 5.11. The van der Waals surface area contributed by atoms with Gasteiger partial charge in [-0.05, 0) is 30.2 Å². The minimum absolute atomic E-state index is 0.0418. The van der Waals surface area contributed by atoms with Crippen molar-refractivity contribution >= 4 is 5.91 Å². The molecule has 0 aliphatic heterocycles. The minimum Gasteiger partial charge on any atom is -0.395 e. The van der Waals surface area contributed by atoms with Crippen LogP contribution in [0.15, 0.2) is 24.3 Å². The zero-order chi connectivity index (χ0) is 15.0. The summed E-state index contributed by atoms with van der Waals surface area (Å²) in [4.78, 5) is 14.0. The second-order valence-corrected chi connectivity index (χ2v) is 5.05. The molecule has 0 heterocycles. The molecular weight excluding hydrogens is 250 g/mol. The fraction of sp³-hybridized carbons (Fsp3) is 0.471. The van der Waals surface area contributed by atoms with Crippen LogP contribution < -0.4 is 0 Å². The molecule has 0 aliphatic rings. The van der Waals surface area contributed by atoms with Crippen molar-refractivity contribution in [1.29, 1.82) is 0 Å². The van der Waals surface area contributed by atoms with E-state index in [0.717, 1.165) is 18.5 Å². The molecule has 1 amide bonds. The van der Waals surface area contributed by atoms with Gasteiger partial charge in [-0.3, -0.25) is 4.79 Å². The molecule has 1 N–H and O–H groups in total. The standard InChI is InChI=1S/C17H23NO2/c1-4-14(2)13-18(3)17(20)16-10-8-15(9-11-16)7-5-6-12-19/h8-11,14,19H,4,6,12-13H2,1-3H3. The number of aliphatic hydroxyl groups excluding tert-OH is 1. The number of hydrogen-bond donors (Lipinski definition) is 1. The van der Waals surface area contributed by atoms with Gasteiger partial charge in [-0.15, -0.1) is 0 Å². The van der Waals surface area contributed by atoms with Gasteiger partial charge in [0.15, 0.2) is 0 Å². The van der Waals surface area contributed by atoms with Gasteiger partial charge in [-0.1, -0.05) is 32.1 Å². The van der Waals surface area contributed by atoms with Crippen LogP contribution in [-0.4, -0.2) is 36.1 Å². The fourth-order valence-corrected chi connectivity index (χ4v) is 1.82. The molecule has 1 rings (SSSR count). The number of benzene rings is 1. The zero-order valence-corrected chi connectivity index (χ0v) is 12.5. The molecule has 3 heteroatoms. The Balaban J connectivity index is 2.68. The van der Waals surface area contributed by atoms with Gasteiger partial charge in [-0.25, -0.2) is 0 Å². The van der Waals surface area contributed by atoms with Crippen LogP contribution in [0.1, 0.15) is 42.6 Å². The van der Waals surface area contributed by atoms with Crippen LogP contribution in [0.25, 0.3) is 0 Å². The average Bonchev–Trinajstić information content (AvgIpc) is 2.47. The van der Waals surface area contributed by atoms with E-state index in [0.29, 0.717) is 17.9 Å². The molecule has 1 aromatic rings. The molecule has 108 valence electrons. The third-order valence-corrected chi connectivity index (χ3v) is 3.23. The van der Waals surface area contributed by atoms with Gasteiger partial charge in [0.2, 0.25) is 0 Å².